The smallest absolute Gasteiger partial charge is 0.306 e. The molecule has 0 aromatic heterocycles. The largest absolute Gasteiger partial charge is 0.756 e. The molecule has 0 saturated carbocycles. The number of ether oxygens (including phenoxy) is 2. The molecule has 0 heterocycles. The number of unbranched alkanes of at least 4 members (excludes halogenated alkanes) is 20. The standard InChI is InChI=1S/C54H96NO9P/c1-6-8-10-12-14-15-16-17-18-19-20-21-22-23-24-25-26-30-33-37-41-45-53(57)61-49-52(50-63-65(59,60)62-48-47-55(3,4)5)64-54(58)46-42-38-34-31-28-27-29-32-36-40-44-51(56)43-39-35-13-11-9-7-2/h9,11,27-28,32,34-36,38-40,44,51-52,56H,6-8,10,12-26,29-31,33,37,41-43,45-50H2,1-5H3/b11-9-,28-27-,36-32-,38-34-,39-35-,44-40+/t51?,52-/m1/s1. The number of allylic oxidation sites excluding steroid dienone is 10. The van der Waals surface area contributed by atoms with Gasteiger partial charge in [0.1, 0.15) is 19.8 Å². The quantitative estimate of drug-likeness (QED) is 0.0158. The summed E-state index contributed by atoms with van der Waals surface area (Å²) >= 11 is 0. The first-order valence-electron chi connectivity index (χ1n) is 25.8. The van der Waals surface area contributed by atoms with Crippen LogP contribution in [0.2, 0.25) is 0 Å². The molecule has 0 aromatic rings. The number of carbonyl (C=O) groups is 2. The van der Waals surface area contributed by atoms with E-state index in [0.29, 0.717) is 36.7 Å². The summed E-state index contributed by atoms with van der Waals surface area (Å²) in [6.45, 7) is 3.96. The van der Waals surface area contributed by atoms with Crippen molar-refractivity contribution >= 4 is 19.8 Å². The van der Waals surface area contributed by atoms with Crippen LogP contribution in [0.25, 0.3) is 0 Å². The molecule has 0 aromatic carbocycles. The van der Waals surface area contributed by atoms with E-state index in [4.69, 9.17) is 18.5 Å². The van der Waals surface area contributed by atoms with Crippen LogP contribution < -0.4 is 4.89 Å². The number of esters is 2. The summed E-state index contributed by atoms with van der Waals surface area (Å²) in [4.78, 5) is 37.7. The second-order valence-electron chi connectivity index (χ2n) is 18.4. The summed E-state index contributed by atoms with van der Waals surface area (Å²) in [6, 6.07) is 0. The molecule has 0 saturated heterocycles. The van der Waals surface area contributed by atoms with Crippen molar-refractivity contribution in [2.24, 2.45) is 0 Å². The fourth-order valence-electron chi connectivity index (χ4n) is 6.82. The van der Waals surface area contributed by atoms with Gasteiger partial charge in [-0.2, -0.15) is 0 Å². The number of hydrogen-bond acceptors (Lipinski definition) is 9. The van der Waals surface area contributed by atoms with Crippen LogP contribution in [0.3, 0.4) is 0 Å². The van der Waals surface area contributed by atoms with Gasteiger partial charge in [-0.15, -0.1) is 0 Å². The Morgan fingerprint density at radius 2 is 1.08 bits per heavy atom. The third-order valence-electron chi connectivity index (χ3n) is 10.8. The van der Waals surface area contributed by atoms with Gasteiger partial charge in [0, 0.05) is 12.8 Å². The highest BCUT2D eigenvalue weighted by molar-refractivity contribution is 7.45. The first kappa shape index (κ1) is 62.4. The maximum atomic E-state index is 12.7. The van der Waals surface area contributed by atoms with Crippen LogP contribution in [-0.4, -0.2) is 81.2 Å². The minimum absolute atomic E-state index is 0.0556. The fourth-order valence-corrected chi connectivity index (χ4v) is 7.55. The molecule has 3 atom stereocenters. The van der Waals surface area contributed by atoms with Crippen LogP contribution in [0.1, 0.15) is 200 Å². The second-order valence-corrected chi connectivity index (χ2v) is 19.8. The minimum Gasteiger partial charge on any atom is -0.756 e. The molecular formula is C54H96NO9P. The molecule has 0 spiro atoms. The lowest BCUT2D eigenvalue weighted by Crippen LogP contribution is -2.37. The molecule has 0 radical (unpaired) electrons. The molecule has 0 fully saturated rings. The van der Waals surface area contributed by atoms with Crippen molar-refractivity contribution < 1.29 is 47.2 Å². The van der Waals surface area contributed by atoms with Gasteiger partial charge in [-0.3, -0.25) is 14.2 Å². The van der Waals surface area contributed by atoms with Crippen molar-refractivity contribution in [3.8, 4) is 0 Å². The maximum absolute atomic E-state index is 12.7. The topological polar surface area (TPSA) is 131 Å². The molecule has 376 valence electrons. The zero-order chi connectivity index (χ0) is 48.0. The van der Waals surface area contributed by atoms with E-state index in [1.165, 1.54) is 116 Å². The summed E-state index contributed by atoms with van der Waals surface area (Å²) in [5.74, 6) is -0.959. The normalized spacial score (nSPS) is 14.5. The van der Waals surface area contributed by atoms with Crippen molar-refractivity contribution in [3.63, 3.8) is 0 Å². The summed E-state index contributed by atoms with van der Waals surface area (Å²) in [5, 5.41) is 10.0. The molecule has 0 aliphatic carbocycles. The van der Waals surface area contributed by atoms with Gasteiger partial charge in [0.25, 0.3) is 7.82 Å². The molecule has 0 rings (SSSR count). The number of phosphoric acid groups is 1. The van der Waals surface area contributed by atoms with E-state index < -0.39 is 38.6 Å². The summed E-state index contributed by atoms with van der Waals surface area (Å²) in [7, 11) is 1.08. The number of nitrogens with zero attached hydrogens (tertiary/aromatic N) is 1. The molecule has 0 bridgehead atoms. The highest BCUT2D eigenvalue weighted by Crippen LogP contribution is 2.38. The van der Waals surface area contributed by atoms with Crippen molar-refractivity contribution in [1.29, 1.82) is 0 Å². The van der Waals surface area contributed by atoms with Crippen LogP contribution in [0.4, 0.5) is 0 Å². The van der Waals surface area contributed by atoms with E-state index in [9.17, 15) is 24.2 Å². The number of hydrogen-bond donors (Lipinski definition) is 1. The molecular weight excluding hydrogens is 838 g/mol. The Hall–Kier alpha value is -2.59. The van der Waals surface area contributed by atoms with Gasteiger partial charge in [-0.25, -0.2) is 0 Å². The molecule has 0 aliphatic heterocycles. The van der Waals surface area contributed by atoms with E-state index in [0.717, 1.165) is 32.1 Å². The van der Waals surface area contributed by atoms with Crippen molar-refractivity contribution in [3.05, 3.63) is 72.9 Å². The molecule has 10 nitrogen and oxygen atoms in total. The zero-order valence-electron chi connectivity index (χ0n) is 42.0. The lowest BCUT2D eigenvalue weighted by Gasteiger charge is -2.28. The van der Waals surface area contributed by atoms with E-state index in [-0.39, 0.29) is 26.1 Å². The number of carbonyl (C=O) groups excluding carboxylic acids is 2. The van der Waals surface area contributed by atoms with Gasteiger partial charge in [0.05, 0.1) is 33.9 Å². The van der Waals surface area contributed by atoms with Crippen LogP contribution in [0.5, 0.6) is 0 Å². The Kier molecular flexibility index (Phi) is 43.4. The Balaban J connectivity index is 4.39. The number of quaternary nitrogens is 1. The summed E-state index contributed by atoms with van der Waals surface area (Å²) in [5.41, 5.74) is 0. The number of aliphatic hydroxyl groups excluding tert-OH is 1. The highest BCUT2D eigenvalue weighted by atomic mass is 31.2. The Labute approximate surface area is 398 Å². The Morgan fingerprint density at radius 3 is 1.62 bits per heavy atom. The second kappa shape index (κ2) is 45.2. The lowest BCUT2D eigenvalue weighted by atomic mass is 10.0. The molecule has 11 heteroatoms. The van der Waals surface area contributed by atoms with Crippen molar-refractivity contribution in [2.75, 3.05) is 47.5 Å². The van der Waals surface area contributed by atoms with E-state index in [2.05, 4.69) is 32.1 Å². The fraction of sp³-hybridized carbons (Fsp3) is 0.741. The van der Waals surface area contributed by atoms with Crippen LogP contribution in [0.15, 0.2) is 72.9 Å². The van der Waals surface area contributed by atoms with Gasteiger partial charge in [0.2, 0.25) is 0 Å². The van der Waals surface area contributed by atoms with Crippen LogP contribution in [0, 0.1) is 0 Å². The van der Waals surface area contributed by atoms with Gasteiger partial charge in [0.15, 0.2) is 6.10 Å². The average Bonchev–Trinajstić information content (AvgIpc) is 3.26. The first-order valence-corrected chi connectivity index (χ1v) is 27.2. The zero-order valence-corrected chi connectivity index (χ0v) is 42.9. The van der Waals surface area contributed by atoms with Gasteiger partial charge in [-0.05, 0) is 44.9 Å². The number of aliphatic hydroxyl groups is 1. The SMILES string of the molecule is CC/C=C\C/C=C\CC(O)/C=C/C=C\C/C=C\C/C=C\CCC(=O)O[C@H](COC(=O)CCCCCCCCCCCCCCCCCCCCCCC)COP(=O)([O-])OCC[N+](C)(C)C. The van der Waals surface area contributed by atoms with E-state index in [1.54, 1.807) is 6.08 Å². The Bertz CT molecular complexity index is 1350. The van der Waals surface area contributed by atoms with Gasteiger partial charge < -0.3 is 33.0 Å². The maximum Gasteiger partial charge on any atom is 0.306 e. The van der Waals surface area contributed by atoms with Crippen LogP contribution in [-0.2, 0) is 32.7 Å². The summed E-state index contributed by atoms with van der Waals surface area (Å²) < 4.78 is 33.9. The Morgan fingerprint density at radius 1 is 0.585 bits per heavy atom. The monoisotopic (exact) mass is 934 g/mol. The molecule has 0 amide bonds. The summed E-state index contributed by atoms with van der Waals surface area (Å²) in [6.07, 6.45) is 54.1. The van der Waals surface area contributed by atoms with Gasteiger partial charge in [-0.1, -0.05) is 215 Å². The molecule has 2 unspecified atom stereocenters. The van der Waals surface area contributed by atoms with Crippen molar-refractivity contribution in [2.45, 2.75) is 212 Å². The first-order chi connectivity index (χ1) is 31.4. The molecule has 1 N–H and O–H groups in total. The lowest BCUT2D eigenvalue weighted by molar-refractivity contribution is -0.870. The number of likely N-dealkylation sites (N-methyl/N-ethyl adjacent to an activating group) is 1. The third-order valence-corrected chi connectivity index (χ3v) is 11.8. The number of rotatable bonds is 46. The number of phosphoric ester groups is 1. The predicted octanol–water partition coefficient (Wildman–Crippen LogP) is 13.7. The third kappa shape index (κ3) is 49.1. The minimum atomic E-state index is -4.67. The van der Waals surface area contributed by atoms with E-state index in [1.807, 2.05) is 69.8 Å². The van der Waals surface area contributed by atoms with Crippen molar-refractivity contribution in [1.82, 2.24) is 0 Å². The van der Waals surface area contributed by atoms with Crippen LogP contribution >= 0.6 is 7.82 Å². The molecule has 65 heavy (non-hydrogen) atoms. The highest BCUT2D eigenvalue weighted by Gasteiger charge is 2.21. The van der Waals surface area contributed by atoms with Gasteiger partial charge >= 0.3 is 11.9 Å². The molecule has 0 aliphatic rings. The van der Waals surface area contributed by atoms with E-state index >= 15 is 0 Å². The predicted molar refractivity (Wildman–Crippen MR) is 269 cm³/mol. The average molecular weight is 934 g/mol.